The molecule has 4 nitrogen and oxygen atoms in total. The molecule has 20 heavy (non-hydrogen) atoms. The van der Waals surface area contributed by atoms with Gasteiger partial charge in [-0.1, -0.05) is 19.8 Å². The van der Waals surface area contributed by atoms with Crippen LogP contribution in [-0.2, 0) is 13.0 Å². The topological polar surface area (TPSA) is 64.1 Å². The quantitative estimate of drug-likeness (QED) is 0.574. The first kappa shape index (κ1) is 14.9. The number of fused-ring (bicyclic) bond motifs is 1. The molecule has 0 saturated heterocycles. The number of aryl methyl sites for hydroxylation is 2. The van der Waals surface area contributed by atoms with E-state index < -0.39 is 0 Å². The minimum atomic E-state index is 0.300. The first-order valence-corrected chi connectivity index (χ1v) is 7.61. The number of nitrogen functional groups attached to an aromatic ring is 1. The lowest BCUT2D eigenvalue weighted by Gasteiger charge is -2.08. The van der Waals surface area contributed by atoms with Crippen LogP contribution in [0.5, 0.6) is 0 Å². The summed E-state index contributed by atoms with van der Waals surface area (Å²) >= 11 is 0. The van der Waals surface area contributed by atoms with Crippen LogP contribution >= 0.6 is 0 Å². The van der Waals surface area contributed by atoms with E-state index >= 15 is 0 Å². The molecule has 3 N–H and O–H groups in total. The van der Waals surface area contributed by atoms with Gasteiger partial charge in [-0.05, 0) is 37.5 Å². The van der Waals surface area contributed by atoms with E-state index in [1.807, 2.05) is 12.1 Å². The van der Waals surface area contributed by atoms with Gasteiger partial charge in [0.15, 0.2) is 0 Å². The SMILES string of the molecule is CCCc1nc2cc(N)ccc2n1CCCCCCO. The second-order valence-electron chi connectivity index (χ2n) is 5.32. The zero-order valence-corrected chi connectivity index (χ0v) is 12.3. The van der Waals surface area contributed by atoms with E-state index in [-0.39, 0.29) is 0 Å². The summed E-state index contributed by atoms with van der Waals surface area (Å²) in [5.41, 5.74) is 8.80. The Bertz CT molecular complexity index is 548. The van der Waals surface area contributed by atoms with Crippen molar-refractivity contribution in [2.45, 2.75) is 52.0 Å². The van der Waals surface area contributed by atoms with Crippen LogP contribution in [0.1, 0.15) is 44.9 Å². The predicted molar refractivity (Wildman–Crippen MR) is 83.7 cm³/mol. The van der Waals surface area contributed by atoms with Crippen molar-refractivity contribution in [2.75, 3.05) is 12.3 Å². The van der Waals surface area contributed by atoms with E-state index in [0.29, 0.717) is 6.61 Å². The van der Waals surface area contributed by atoms with Gasteiger partial charge in [0.2, 0.25) is 0 Å². The number of unbranched alkanes of at least 4 members (excludes halogenated alkanes) is 3. The van der Waals surface area contributed by atoms with E-state index in [9.17, 15) is 0 Å². The maximum atomic E-state index is 8.80. The first-order valence-electron chi connectivity index (χ1n) is 7.61. The fourth-order valence-corrected chi connectivity index (χ4v) is 2.60. The van der Waals surface area contributed by atoms with Crippen LogP contribution in [0.3, 0.4) is 0 Å². The maximum absolute atomic E-state index is 8.80. The first-order chi connectivity index (χ1) is 9.76. The third kappa shape index (κ3) is 3.51. The average molecular weight is 275 g/mol. The fraction of sp³-hybridized carbons (Fsp3) is 0.562. The Kier molecular flexibility index (Phi) is 5.41. The van der Waals surface area contributed by atoms with Crippen molar-refractivity contribution in [3.05, 3.63) is 24.0 Å². The average Bonchev–Trinajstić information content (AvgIpc) is 2.76. The number of nitrogens with zero attached hydrogens (tertiary/aromatic N) is 2. The highest BCUT2D eigenvalue weighted by molar-refractivity contribution is 5.79. The van der Waals surface area contributed by atoms with Gasteiger partial charge in [-0.2, -0.15) is 0 Å². The van der Waals surface area contributed by atoms with Gasteiger partial charge in [0.25, 0.3) is 0 Å². The van der Waals surface area contributed by atoms with Crippen molar-refractivity contribution >= 4 is 16.7 Å². The van der Waals surface area contributed by atoms with Crippen LogP contribution in [0.2, 0.25) is 0 Å². The van der Waals surface area contributed by atoms with Gasteiger partial charge < -0.3 is 15.4 Å². The highest BCUT2D eigenvalue weighted by atomic mass is 16.2. The Morgan fingerprint density at radius 2 is 2.00 bits per heavy atom. The summed E-state index contributed by atoms with van der Waals surface area (Å²) in [5, 5.41) is 8.80. The molecule has 0 atom stereocenters. The molecule has 1 aromatic heterocycles. The monoisotopic (exact) mass is 275 g/mol. The molecule has 1 heterocycles. The second kappa shape index (κ2) is 7.29. The molecule has 1 aromatic carbocycles. The van der Waals surface area contributed by atoms with Gasteiger partial charge in [0.1, 0.15) is 5.82 Å². The van der Waals surface area contributed by atoms with E-state index in [4.69, 9.17) is 15.8 Å². The summed E-state index contributed by atoms with van der Waals surface area (Å²) in [6, 6.07) is 5.98. The number of aliphatic hydroxyl groups excluding tert-OH is 1. The summed E-state index contributed by atoms with van der Waals surface area (Å²) in [7, 11) is 0. The number of nitrogens with two attached hydrogens (primary N) is 1. The smallest absolute Gasteiger partial charge is 0.109 e. The van der Waals surface area contributed by atoms with Crippen LogP contribution in [0, 0.1) is 0 Å². The highest BCUT2D eigenvalue weighted by Gasteiger charge is 2.09. The van der Waals surface area contributed by atoms with Gasteiger partial charge in [0, 0.05) is 25.3 Å². The molecule has 4 heteroatoms. The molecule has 110 valence electrons. The fourth-order valence-electron chi connectivity index (χ4n) is 2.60. The molecule has 0 bridgehead atoms. The van der Waals surface area contributed by atoms with Crippen molar-refractivity contribution in [3.63, 3.8) is 0 Å². The van der Waals surface area contributed by atoms with Crippen molar-refractivity contribution in [1.29, 1.82) is 0 Å². The van der Waals surface area contributed by atoms with Crippen molar-refractivity contribution in [3.8, 4) is 0 Å². The van der Waals surface area contributed by atoms with Gasteiger partial charge in [-0.3, -0.25) is 0 Å². The van der Waals surface area contributed by atoms with Crippen LogP contribution in [-0.4, -0.2) is 21.3 Å². The molecule has 2 aromatic rings. The third-order valence-corrected chi connectivity index (χ3v) is 3.61. The molecule has 0 unspecified atom stereocenters. The van der Waals surface area contributed by atoms with Crippen LogP contribution in [0.25, 0.3) is 11.0 Å². The Morgan fingerprint density at radius 1 is 1.20 bits per heavy atom. The molecule has 0 radical (unpaired) electrons. The predicted octanol–water partition coefficient (Wildman–Crippen LogP) is 3.12. The zero-order valence-electron chi connectivity index (χ0n) is 12.3. The normalized spacial score (nSPS) is 11.3. The number of aliphatic hydroxyl groups is 1. The molecule has 0 aliphatic carbocycles. The summed E-state index contributed by atoms with van der Waals surface area (Å²) < 4.78 is 2.33. The third-order valence-electron chi connectivity index (χ3n) is 3.61. The van der Waals surface area contributed by atoms with E-state index in [0.717, 1.165) is 62.1 Å². The van der Waals surface area contributed by atoms with E-state index in [1.54, 1.807) is 0 Å². The molecule has 0 fully saturated rings. The Morgan fingerprint density at radius 3 is 2.75 bits per heavy atom. The molecule has 0 saturated carbocycles. The van der Waals surface area contributed by atoms with Gasteiger partial charge in [0.05, 0.1) is 11.0 Å². The second-order valence-corrected chi connectivity index (χ2v) is 5.32. The van der Waals surface area contributed by atoms with Crippen molar-refractivity contribution in [2.24, 2.45) is 0 Å². The summed E-state index contributed by atoms with van der Waals surface area (Å²) in [4.78, 5) is 4.72. The summed E-state index contributed by atoms with van der Waals surface area (Å²) in [6.45, 7) is 3.48. The van der Waals surface area contributed by atoms with Crippen LogP contribution in [0.15, 0.2) is 18.2 Å². The minimum Gasteiger partial charge on any atom is -0.399 e. The Balaban J connectivity index is 2.13. The molecular formula is C16H25N3O. The van der Waals surface area contributed by atoms with Crippen LogP contribution in [0.4, 0.5) is 5.69 Å². The van der Waals surface area contributed by atoms with Gasteiger partial charge in [-0.25, -0.2) is 4.98 Å². The largest absolute Gasteiger partial charge is 0.399 e. The zero-order chi connectivity index (χ0) is 14.4. The molecule has 2 rings (SSSR count). The van der Waals surface area contributed by atoms with Gasteiger partial charge in [-0.15, -0.1) is 0 Å². The molecule has 0 amide bonds. The Hall–Kier alpha value is -1.55. The summed E-state index contributed by atoms with van der Waals surface area (Å²) in [5.74, 6) is 1.16. The van der Waals surface area contributed by atoms with E-state index in [2.05, 4.69) is 17.6 Å². The number of benzene rings is 1. The molecule has 0 aliphatic heterocycles. The number of hydrogen-bond donors (Lipinski definition) is 2. The number of rotatable bonds is 8. The number of aromatic nitrogens is 2. The molecular weight excluding hydrogens is 250 g/mol. The number of hydrogen-bond acceptors (Lipinski definition) is 3. The van der Waals surface area contributed by atoms with Gasteiger partial charge >= 0.3 is 0 Å². The lowest BCUT2D eigenvalue weighted by atomic mass is 10.2. The lowest BCUT2D eigenvalue weighted by molar-refractivity contribution is 0.282. The maximum Gasteiger partial charge on any atom is 0.109 e. The molecule has 0 spiro atoms. The van der Waals surface area contributed by atoms with Crippen LogP contribution < -0.4 is 5.73 Å². The van der Waals surface area contributed by atoms with E-state index in [1.165, 1.54) is 5.52 Å². The number of imidazole rings is 1. The molecule has 0 aliphatic rings. The van der Waals surface area contributed by atoms with Crippen molar-refractivity contribution < 1.29 is 5.11 Å². The number of anilines is 1. The summed E-state index contributed by atoms with van der Waals surface area (Å²) in [6.07, 6.45) is 6.39. The minimum absolute atomic E-state index is 0.300. The lowest BCUT2D eigenvalue weighted by Crippen LogP contribution is -2.04. The highest BCUT2D eigenvalue weighted by Crippen LogP contribution is 2.21. The standard InChI is InChI=1S/C16H25N3O/c1-2-7-16-18-14-12-13(17)8-9-15(14)19(16)10-5-3-4-6-11-20/h8-9,12,20H,2-7,10-11,17H2,1H3. The van der Waals surface area contributed by atoms with Crippen molar-refractivity contribution in [1.82, 2.24) is 9.55 Å². The Labute approximate surface area is 120 Å².